The number of unbranched alkanes of at least 4 members (excludes halogenated alkanes) is 2. The zero-order chi connectivity index (χ0) is 13.7. The lowest BCUT2D eigenvalue weighted by Crippen LogP contribution is -2.28. The van der Waals surface area contributed by atoms with Crippen molar-refractivity contribution in [2.75, 3.05) is 18.9 Å². The van der Waals surface area contributed by atoms with Gasteiger partial charge in [-0.1, -0.05) is 22.4 Å². The van der Waals surface area contributed by atoms with Crippen LogP contribution in [0.2, 0.25) is 0 Å². The number of hydrogen-bond donors (Lipinski definition) is 0. The molecule has 1 aromatic rings. The third-order valence-corrected chi connectivity index (χ3v) is 3.76. The first-order valence-electron chi connectivity index (χ1n) is 6.30. The van der Waals surface area contributed by atoms with E-state index >= 15 is 0 Å². The molecule has 0 unspecified atom stereocenters. The first-order chi connectivity index (χ1) is 8.49. The maximum absolute atomic E-state index is 12.3. The molecule has 1 heterocycles. The minimum atomic E-state index is 0.0805. The summed E-state index contributed by atoms with van der Waals surface area (Å²) < 4.78 is 1.77. The molecule has 0 atom stereocenters. The first kappa shape index (κ1) is 15.2. The summed E-state index contributed by atoms with van der Waals surface area (Å²) >= 11 is 3.41. The summed E-state index contributed by atoms with van der Waals surface area (Å²) in [5.41, 5.74) is 2.50. The summed E-state index contributed by atoms with van der Waals surface area (Å²) in [7, 11) is 3.73. The Morgan fingerprint density at radius 1 is 1.33 bits per heavy atom. The highest BCUT2D eigenvalue weighted by atomic mass is 79.9. The van der Waals surface area contributed by atoms with Gasteiger partial charge in [-0.15, -0.1) is 0 Å². The number of nitrogens with zero attached hydrogens (tertiary/aromatic N) is 3. The van der Waals surface area contributed by atoms with Crippen molar-refractivity contribution in [1.82, 2.24) is 14.7 Å². The molecule has 0 saturated heterocycles. The van der Waals surface area contributed by atoms with Gasteiger partial charge in [-0.2, -0.15) is 5.10 Å². The molecule has 0 aliphatic rings. The molecule has 0 N–H and O–H groups in total. The van der Waals surface area contributed by atoms with E-state index in [-0.39, 0.29) is 5.91 Å². The summed E-state index contributed by atoms with van der Waals surface area (Å²) in [5.74, 6) is 0.0805. The molecule has 0 spiro atoms. The van der Waals surface area contributed by atoms with Crippen molar-refractivity contribution < 1.29 is 4.79 Å². The van der Waals surface area contributed by atoms with Crippen LogP contribution in [-0.4, -0.2) is 39.5 Å². The van der Waals surface area contributed by atoms with Crippen molar-refractivity contribution >= 4 is 21.8 Å². The van der Waals surface area contributed by atoms with Crippen LogP contribution in [0.25, 0.3) is 0 Å². The second-order valence-corrected chi connectivity index (χ2v) is 5.44. The minimum Gasteiger partial charge on any atom is -0.342 e. The number of rotatable bonds is 6. The molecular weight excluding hydrogens is 294 g/mol. The summed E-state index contributed by atoms with van der Waals surface area (Å²) in [6.45, 7) is 4.63. The van der Waals surface area contributed by atoms with E-state index in [4.69, 9.17) is 0 Å². The normalized spacial score (nSPS) is 10.7. The molecule has 5 heteroatoms. The van der Waals surface area contributed by atoms with Gasteiger partial charge in [-0.05, 0) is 26.7 Å². The van der Waals surface area contributed by atoms with Crippen LogP contribution in [0.5, 0.6) is 0 Å². The summed E-state index contributed by atoms with van der Waals surface area (Å²) in [6, 6.07) is 0. The van der Waals surface area contributed by atoms with Crippen molar-refractivity contribution in [2.24, 2.45) is 7.05 Å². The maximum Gasteiger partial charge on any atom is 0.257 e. The second-order valence-electron chi connectivity index (χ2n) is 4.65. The molecule has 1 rings (SSSR count). The van der Waals surface area contributed by atoms with E-state index in [1.165, 1.54) is 0 Å². The Labute approximate surface area is 117 Å². The Kier molecular flexibility index (Phi) is 5.85. The smallest absolute Gasteiger partial charge is 0.257 e. The van der Waals surface area contributed by atoms with E-state index in [0.29, 0.717) is 0 Å². The molecule has 1 aromatic heterocycles. The van der Waals surface area contributed by atoms with Crippen molar-refractivity contribution in [3.8, 4) is 0 Å². The highest BCUT2D eigenvalue weighted by molar-refractivity contribution is 9.09. The van der Waals surface area contributed by atoms with E-state index in [0.717, 1.165) is 48.1 Å². The van der Waals surface area contributed by atoms with Crippen LogP contribution in [0.4, 0.5) is 0 Å². The molecule has 18 heavy (non-hydrogen) atoms. The molecule has 0 radical (unpaired) electrons. The summed E-state index contributed by atoms with van der Waals surface area (Å²) in [5, 5.41) is 5.32. The number of aromatic nitrogens is 2. The fourth-order valence-electron chi connectivity index (χ4n) is 2.00. The molecule has 0 aliphatic heterocycles. The average molecular weight is 316 g/mol. The van der Waals surface area contributed by atoms with Crippen molar-refractivity contribution in [2.45, 2.75) is 33.1 Å². The number of carbonyl (C=O) groups excluding carboxylic acids is 1. The number of carbonyl (C=O) groups is 1. The number of halogens is 1. The number of aryl methyl sites for hydroxylation is 2. The molecule has 0 bridgehead atoms. The Bertz CT molecular complexity index is 415. The van der Waals surface area contributed by atoms with E-state index in [9.17, 15) is 4.79 Å². The maximum atomic E-state index is 12.3. The van der Waals surface area contributed by atoms with Crippen LogP contribution >= 0.6 is 15.9 Å². The quantitative estimate of drug-likeness (QED) is 0.598. The van der Waals surface area contributed by atoms with E-state index in [1.807, 2.05) is 27.9 Å². The van der Waals surface area contributed by atoms with Gasteiger partial charge in [0.2, 0.25) is 0 Å². The minimum absolute atomic E-state index is 0.0805. The van der Waals surface area contributed by atoms with Gasteiger partial charge in [0.05, 0.1) is 11.3 Å². The molecule has 102 valence electrons. The van der Waals surface area contributed by atoms with Crippen LogP contribution in [0.3, 0.4) is 0 Å². The van der Waals surface area contributed by atoms with Crippen LogP contribution in [0, 0.1) is 13.8 Å². The van der Waals surface area contributed by atoms with Crippen molar-refractivity contribution in [1.29, 1.82) is 0 Å². The average Bonchev–Trinajstić information content (AvgIpc) is 2.58. The third kappa shape index (κ3) is 3.57. The van der Waals surface area contributed by atoms with Crippen LogP contribution in [0.15, 0.2) is 0 Å². The Morgan fingerprint density at radius 2 is 2.00 bits per heavy atom. The molecule has 4 nitrogen and oxygen atoms in total. The molecule has 0 saturated carbocycles. The molecule has 0 aliphatic carbocycles. The second kappa shape index (κ2) is 6.92. The standard InChI is InChI=1S/C13H22BrN3O/c1-10-12(11(2)17(4)15-10)13(18)16(3)9-7-5-6-8-14/h5-9H2,1-4H3. The van der Waals surface area contributed by atoms with E-state index in [2.05, 4.69) is 21.0 Å². The van der Waals surface area contributed by atoms with Crippen LogP contribution < -0.4 is 0 Å². The number of amides is 1. The number of alkyl halides is 1. The van der Waals surface area contributed by atoms with Gasteiger partial charge in [0, 0.05) is 31.7 Å². The first-order valence-corrected chi connectivity index (χ1v) is 7.42. The topological polar surface area (TPSA) is 38.1 Å². The van der Waals surface area contributed by atoms with E-state index in [1.54, 1.807) is 9.58 Å². The van der Waals surface area contributed by atoms with Crippen molar-refractivity contribution in [3.63, 3.8) is 0 Å². The zero-order valence-electron chi connectivity index (χ0n) is 11.7. The highest BCUT2D eigenvalue weighted by Gasteiger charge is 2.20. The van der Waals surface area contributed by atoms with Crippen LogP contribution in [-0.2, 0) is 7.05 Å². The van der Waals surface area contributed by atoms with Gasteiger partial charge in [0.15, 0.2) is 0 Å². The lowest BCUT2D eigenvalue weighted by atomic mass is 10.1. The number of hydrogen-bond acceptors (Lipinski definition) is 2. The molecule has 1 amide bonds. The SMILES string of the molecule is Cc1nn(C)c(C)c1C(=O)N(C)CCCCCBr. The zero-order valence-corrected chi connectivity index (χ0v) is 13.2. The van der Waals surface area contributed by atoms with Gasteiger partial charge < -0.3 is 4.90 Å². The van der Waals surface area contributed by atoms with E-state index < -0.39 is 0 Å². The van der Waals surface area contributed by atoms with Gasteiger partial charge >= 0.3 is 0 Å². The Morgan fingerprint density at radius 3 is 2.50 bits per heavy atom. The molecular formula is C13H22BrN3O. The Balaban J connectivity index is 2.63. The van der Waals surface area contributed by atoms with Gasteiger partial charge in [0.1, 0.15) is 0 Å². The van der Waals surface area contributed by atoms with Gasteiger partial charge in [-0.3, -0.25) is 9.48 Å². The van der Waals surface area contributed by atoms with Crippen LogP contribution in [0.1, 0.15) is 41.0 Å². The predicted octanol–water partition coefficient (Wildman–Crippen LogP) is 2.67. The molecule has 0 fully saturated rings. The monoisotopic (exact) mass is 315 g/mol. The fourth-order valence-corrected chi connectivity index (χ4v) is 2.39. The predicted molar refractivity (Wildman–Crippen MR) is 77.3 cm³/mol. The largest absolute Gasteiger partial charge is 0.342 e. The Hall–Kier alpha value is -0.840. The summed E-state index contributed by atoms with van der Waals surface area (Å²) in [6.07, 6.45) is 3.35. The lowest BCUT2D eigenvalue weighted by Gasteiger charge is -2.17. The molecule has 0 aromatic carbocycles. The van der Waals surface area contributed by atoms with Gasteiger partial charge in [-0.25, -0.2) is 0 Å². The summed E-state index contributed by atoms with van der Waals surface area (Å²) in [4.78, 5) is 14.1. The lowest BCUT2D eigenvalue weighted by molar-refractivity contribution is 0.0791. The third-order valence-electron chi connectivity index (χ3n) is 3.20. The van der Waals surface area contributed by atoms with Gasteiger partial charge in [0.25, 0.3) is 5.91 Å². The van der Waals surface area contributed by atoms with Crippen molar-refractivity contribution in [3.05, 3.63) is 17.0 Å². The fraction of sp³-hybridized carbons (Fsp3) is 0.692. The highest BCUT2D eigenvalue weighted by Crippen LogP contribution is 2.14.